The van der Waals surface area contributed by atoms with Gasteiger partial charge in [0.2, 0.25) is 5.91 Å². The van der Waals surface area contributed by atoms with Crippen LogP contribution in [0.3, 0.4) is 0 Å². The largest absolute Gasteiger partial charge is 0.483 e. The number of alkyl halides is 3. The number of carbonyl (C=O) groups excluding carboxylic acids is 2. The van der Waals surface area contributed by atoms with Gasteiger partial charge in [0.1, 0.15) is 17.8 Å². The second-order valence-electron chi connectivity index (χ2n) is 6.05. The molecule has 3 rings (SSSR count). The van der Waals surface area contributed by atoms with E-state index in [0.29, 0.717) is 5.69 Å². The Kier molecular flexibility index (Phi) is 7.31. The lowest BCUT2D eigenvalue weighted by atomic mass is 9.86. The maximum Gasteiger partial charge on any atom is 0.405 e. The second-order valence-corrected chi connectivity index (χ2v) is 6.77. The number of carbonyl (C=O) groups is 3. The molecule has 1 saturated heterocycles. The fourth-order valence-electron chi connectivity index (χ4n) is 2.99. The number of halogens is 3. The standard InChI is InChI=1S/C15H16F3N5O2S.CH2O2/c16-15(17,18)9-19-13(25)14(23-5-1-4-21-23)2-6-22(7-3-14)12(24)11-8-26-10-20-11;2-1-3/h1,4-5,8,10H,2-3,6-7,9H2,(H,19,25);1H,(H,2,3). The summed E-state index contributed by atoms with van der Waals surface area (Å²) >= 11 is 1.30. The molecule has 2 aromatic heterocycles. The van der Waals surface area contributed by atoms with Gasteiger partial charge >= 0.3 is 6.18 Å². The molecule has 0 bridgehead atoms. The van der Waals surface area contributed by atoms with Crippen molar-refractivity contribution in [2.45, 2.75) is 24.6 Å². The van der Waals surface area contributed by atoms with E-state index in [0.717, 1.165) is 0 Å². The summed E-state index contributed by atoms with van der Waals surface area (Å²) in [4.78, 5) is 38.9. The number of nitrogens with zero attached hydrogens (tertiary/aromatic N) is 4. The topological polar surface area (TPSA) is 117 Å². The van der Waals surface area contributed by atoms with E-state index in [4.69, 9.17) is 9.90 Å². The Morgan fingerprint density at radius 2 is 2.00 bits per heavy atom. The highest BCUT2D eigenvalue weighted by molar-refractivity contribution is 7.07. The van der Waals surface area contributed by atoms with E-state index in [1.54, 1.807) is 28.1 Å². The Balaban J connectivity index is 0.000000941. The maximum absolute atomic E-state index is 12.6. The third kappa shape index (κ3) is 5.53. The highest BCUT2D eigenvalue weighted by Crippen LogP contribution is 2.31. The fourth-order valence-corrected chi connectivity index (χ4v) is 3.51. The molecule has 2 amide bonds. The van der Waals surface area contributed by atoms with Gasteiger partial charge in [0.25, 0.3) is 12.4 Å². The van der Waals surface area contributed by atoms with E-state index in [2.05, 4.69) is 10.1 Å². The van der Waals surface area contributed by atoms with Crippen LogP contribution in [0.15, 0.2) is 29.4 Å². The van der Waals surface area contributed by atoms with Gasteiger partial charge in [-0.05, 0) is 18.9 Å². The fraction of sp³-hybridized carbons (Fsp3) is 0.438. The van der Waals surface area contributed by atoms with Crippen LogP contribution in [0.2, 0.25) is 0 Å². The molecule has 0 aliphatic carbocycles. The van der Waals surface area contributed by atoms with Gasteiger partial charge in [-0.3, -0.25) is 19.1 Å². The summed E-state index contributed by atoms with van der Waals surface area (Å²) < 4.78 is 38.8. The second kappa shape index (κ2) is 9.49. The molecule has 13 heteroatoms. The minimum atomic E-state index is -4.50. The summed E-state index contributed by atoms with van der Waals surface area (Å²) in [5.74, 6) is -1.00. The molecule has 1 aliphatic rings. The normalized spacial score (nSPS) is 15.8. The minimum Gasteiger partial charge on any atom is -0.483 e. The van der Waals surface area contributed by atoms with E-state index in [1.807, 2.05) is 5.32 Å². The molecule has 3 heterocycles. The number of aromatic nitrogens is 3. The zero-order valence-electron chi connectivity index (χ0n) is 15.0. The van der Waals surface area contributed by atoms with Crippen molar-refractivity contribution in [3.63, 3.8) is 0 Å². The first-order valence-electron chi connectivity index (χ1n) is 8.34. The number of hydrogen-bond donors (Lipinski definition) is 2. The quantitative estimate of drug-likeness (QED) is 0.703. The summed E-state index contributed by atoms with van der Waals surface area (Å²) in [6, 6.07) is 1.60. The van der Waals surface area contributed by atoms with Crippen LogP contribution in [0.5, 0.6) is 0 Å². The van der Waals surface area contributed by atoms with Crippen molar-refractivity contribution in [1.29, 1.82) is 0 Å². The molecular weight excluding hydrogens is 415 g/mol. The van der Waals surface area contributed by atoms with Gasteiger partial charge in [-0.1, -0.05) is 0 Å². The maximum atomic E-state index is 12.6. The number of rotatable bonds is 4. The molecule has 2 N–H and O–H groups in total. The first-order valence-corrected chi connectivity index (χ1v) is 9.28. The number of thiazole rings is 1. The summed E-state index contributed by atoms with van der Waals surface area (Å²) in [6.07, 6.45) is -1.17. The lowest BCUT2D eigenvalue weighted by Crippen LogP contribution is -2.57. The average molecular weight is 433 g/mol. The molecule has 1 fully saturated rings. The van der Waals surface area contributed by atoms with Crippen LogP contribution < -0.4 is 5.32 Å². The number of carboxylic acid groups (broad SMARTS) is 1. The lowest BCUT2D eigenvalue weighted by Gasteiger charge is -2.40. The molecule has 0 spiro atoms. The van der Waals surface area contributed by atoms with E-state index < -0.39 is 24.2 Å². The van der Waals surface area contributed by atoms with Crippen molar-refractivity contribution in [2.24, 2.45) is 0 Å². The SMILES string of the molecule is O=C(c1cscn1)N1CCC(C(=O)NCC(F)(F)F)(n2cccn2)CC1.O=CO. The van der Waals surface area contributed by atoms with Crippen LogP contribution in [0.1, 0.15) is 23.3 Å². The highest BCUT2D eigenvalue weighted by atomic mass is 32.1. The van der Waals surface area contributed by atoms with Crippen LogP contribution in [0.25, 0.3) is 0 Å². The van der Waals surface area contributed by atoms with Gasteiger partial charge < -0.3 is 15.3 Å². The van der Waals surface area contributed by atoms with Crippen LogP contribution in [-0.2, 0) is 15.1 Å². The molecular formula is C16H18F3N5O4S. The summed E-state index contributed by atoms with van der Waals surface area (Å²) in [7, 11) is 0. The third-order valence-electron chi connectivity index (χ3n) is 4.34. The first-order chi connectivity index (χ1) is 13.7. The average Bonchev–Trinajstić information content (AvgIpc) is 3.39. The van der Waals surface area contributed by atoms with Crippen molar-refractivity contribution < 1.29 is 32.7 Å². The highest BCUT2D eigenvalue weighted by Gasteiger charge is 2.45. The summed E-state index contributed by atoms with van der Waals surface area (Å²) in [6.45, 7) is -1.22. The number of likely N-dealkylation sites (tertiary alicyclic amines) is 1. The van der Waals surface area contributed by atoms with Crippen molar-refractivity contribution in [1.82, 2.24) is 25.0 Å². The molecule has 1 aliphatic heterocycles. The van der Waals surface area contributed by atoms with E-state index in [1.165, 1.54) is 22.2 Å². The number of nitrogens with one attached hydrogen (secondary N) is 1. The molecule has 0 radical (unpaired) electrons. The van der Waals surface area contributed by atoms with Crippen molar-refractivity contribution in [3.05, 3.63) is 35.0 Å². The molecule has 0 atom stereocenters. The monoisotopic (exact) mass is 433 g/mol. The van der Waals surface area contributed by atoms with E-state index >= 15 is 0 Å². The first kappa shape index (κ1) is 22.3. The van der Waals surface area contributed by atoms with E-state index in [-0.39, 0.29) is 38.3 Å². The molecule has 158 valence electrons. The van der Waals surface area contributed by atoms with Gasteiger partial charge in [0.15, 0.2) is 0 Å². The Bertz CT molecular complexity index is 803. The van der Waals surface area contributed by atoms with Gasteiger partial charge in [0.05, 0.1) is 5.51 Å². The minimum absolute atomic E-state index is 0.161. The van der Waals surface area contributed by atoms with Crippen LogP contribution in [0.4, 0.5) is 13.2 Å². The molecule has 0 aromatic carbocycles. The zero-order chi connectivity index (χ0) is 21.5. The Morgan fingerprint density at radius 1 is 1.34 bits per heavy atom. The smallest absolute Gasteiger partial charge is 0.405 e. The lowest BCUT2D eigenvalue weighted by molar-refractivity contribution is -0.146. The van der Waals surface area contributed by atoms with Crippen molar-refractivity contribution in [3.8, 4) is 0 Å². The van der Waals surface area contributed by atoms with E-state index in [9.17, 15) is 22.8 Å². The Morgan fingerprint density at radius 3 is 2.48 bits per heavy atom. The Labute approximate surface area is 167 Å². The van der Waals surface area contributed by atoms with Gasteiger partial charge in [-0.25, -0.2) is 4.98 Å². The van der Waals surface area contributed by atoms with Gasteiger partial charge in [0, 0.05) is 30.9 Å². The summed E-state index contributed by atoms with van der Waals surface area (Å²) in [5.41, 5.74) is 0.617. The predicted octanol–water partition coefficient (Wildman–Crippen LogP) is 1.35. The summed E-state index contributed by atoms with van der Waals surface area (Å²) in [5, 5.41) is 14.5. The van der Waals surface area contributed by atoms with Crippen LogP contribution >= 0.6 is 11.3 Å². The molecule has 0 unspecified atom stereocenters. The molecule has 9 nitrogen and oxygen atoms in total. The molecule has 29 heavy (non-hydrogen) atoms. The zero-order valence-corrected chi connectivity index (χ0v) is 15.8. The molecule has 0 saturated carbocycles. The van der Waals surface area contributed by atoms with Crippen molar-refractivity contribution in [2.75, 3.05) is 19.6 Å². The number of piperidine rings is 1. The van der Waals surface area contributed by atoms with Crippen molar-refractivity contribution >= 4 is 29.6 Å². The number of amides is 2. The number of hydrogen-bond acceptors (Lipinski definition) is 6. The Hall–Kier alpha value is -2.96. The van der Waals surface area contributed by atoms with Crippen LogP contribution in [-0.4, -0.2) is 68.9 Å². The molecule has 2 aromatic rings. The van der Waals surface area contributed by atoms with Gasteiger partial charge in [-0.15, -0.1) is 11.3 Å². The predicted molar refractivity (Wildman–Crippen MR) is 95.2 cm³/mol. The third-order valence-corrected chi connectivity index (χ3v) is 4.93. The van der Waals surface area contributed by atoms with Crippen LogP contribution in [0, 0.1) is 0 Å². The van der Waals surface area contributed by atoms with Gasteiger partial charge in [-0.2, -0.15) is 18.3 Å².